The monoisotopic (exact) mass is 231 g/mol. The number of fused-ring (bicyclic) bond motifs is 1. The van der Waals surface area contributed by atoms with Crippen molar-refractivity contribution >= 4 is 11.0 Å². The lowest BCUT2D eigenvalue weighted by atomic mass is 10.2. The fourth-order valence-electron chi connectivity index (χ4n) is 2.20. The predicted molar refractivity (Wildman–Crippen MR) is 63.0 cm³/mol. The van der Waals surface area contributed by atoms with Crippen molar-refractivity contribution in [1.82, 2.24) is 14.5 Å². The summed E-state index contributed by atoms with van der Waals surface area (Å²) in [4.78, 5) is 20.5. The van der Waals surface area contributed by atoms with Gasteiger partial charge < -0.3 is 4.74 Å². The number of aromatic nitrogens is 3. The molecule has 0 aliphatic carbocycles. The number of nitrogens with zero attached hydrogens (tertiary/aromatic N) is 3. The SMILES string of the molecule is Cc1ncc2ccc(=O)n(C3CCOC3)c2n1. The van der Waals surface area contributed by atoms with Crippen molar-refractivity contribution in [3.05, 3.63) is 34.5 Å². The van der Waals surface area contributed by atoms with Gasteiger partial charge >= 0.3 is 0 Å². The zero-order valence-corrected chi connectivity index (χ0v) is 9.59. The van der Waals surface area contributed by atoms with E-state index >= 15 is 0 Å². The standard InChI is InChI=1S/C12H13N3O2/c1-8-13-6-9-2-3-11(16)15(12(9)14-8)10-4-5-17-7-10/h2-3,6,10H,4-5,7H2,1H3. The quantitative estimate of drug-likeness (QED) is 0.736. The van der Waals surface area contributed by atoms with Crippen LogP contribution in [0.15, 0.2) is 23.1 Å². The van der Waals surface area contributed by atoms with E-state index in [4.69, 9.17) is 4.74 Å². The van der Waals surface area contributed by atoms with Gasteiger partial charge in [0, 0.05) is 24.3 Å². The van der Waals surface area contributed by atoms with Gasteiger partial charge in [-0.1, -0.05) is 0 Å². The molecule has 0 spiro atoms. The molecule has 88 valence electrons. The fourth-order valence-corrected chi connectivity index (χ4v) is 2.20. The van der Waals surface area contributed by atoms with E-state index in [0.29, 0.717) is 24.7 Å². The summed E-state index contributed by atoms with van der Waals surface area (Å²) in [6, 6.07) is 3.43. The first-order valence-corrected chi connectivity index (χ1v) is 5.68. The van der Waals surface area contributed by atoms with Crippen LogP contribution in [-0.2, 0) is 4.74 Å². The van der Waals surface area contributed by atoms with Crippen molar-refractivity contribution in [3.8, 4) is 0 Å². The molecule has 1 unspecified atom stereocenters. The maximum atomic E-state index is 12.0. The summed E-state index contributed by atoms with van der Waals surface area (Å²) in [6.07, 6.45) is 2.62. The highest BCUT2D eigenvalue weighted by Crippen LogP contribution is 2.20. The summed E-state index contributed by atoms with van der Waals surface area (Å²) in [7, 11) is 0. The molecular weight excluding hydrogens is 218 g/mol. The zero-order valence-electron chi connectivity index (χ0n) is 9.59. The van der Waals surface area contributed by atoms with Crippen LogP contribution >= 0.6 is 0 Å². The lowest BCUT2D eigenvalue weighted by Gasteiger charge is -2.14. The molecule has 0 aromatic carbocycles. The third-order valence-corrected chi connectivity index (χ3v) is 3.06. The number of hydrogen-bond acceptors (Lipinski definition) is 4. The first kappa shape index (κ1) is 10.4. The predicted octanol–water partition coefficient (Wildman–Crippen LogP) is 1.06. The van der Waals surface area contributed by atoms with Crippen LogP contribution in [0.5, 0.6) is 0 Å². The van der Waals surface area contributed by atoms with E-state index in [-0.39, 0.29) is 11.6 Å². The Morgan fingerprint density at radius 2 is 2.35 bits per heavy atom. The molecule has 1 atom stereocenters. The summed E-state index contributed by atoms with van der Waals surface area (Å²) < 4.78 is 7.08. The first-order chi connectivity index (χ1) is 8.25. The lowest BCUT2D eigenvalue weighted by Crippen LogP contribution is -2.25. The summed E-state index contributed by atoms with van der Waals surface area (Å²) >= 11 is 0. The Labute approximate surface area is 98.1 Å². The molecule has 2 aromatic heterocycles. The fraction of sp³-hybridized carbons (Fsp3) is 0.417. The molecule has 0 saturated carbocycles. The average molecular weight is 231 g/mol. The van der Waals surface area contributed by atoms with Crippen LogP contribution in [-0.4, -0.2) is 27.7 Å². The van der Waals surface area contributed by atoms with Gasteiger partial charge in [-0.2, -0.15) is 0 Å². The molecule has 2 aromatic rings. The molecule has 1 fully saturated rings. The summed E-state index contributed by atoms with van der Waals surface area (Å²) in [5, 5.41) is 0.891. The van der Waals surface area contributed by atoms with E-state index in [0.717, 1.165) is 11.8 Å². The maximum absolute atomic E-state index is 12.0. The molecule has 3 heterocycles. The zero-order chi connectivity index (χ0) is 11.8. The maximum Gasteiger partial charge on any atom is 0.252 e. The third-order valence-electron chi connectivity index (χ3n) is 3.06. The van der Waals surface area contributed by atoms with Gasteiger partial charge in [-0.3, -0.25) is 9.36 Å². The van der Waals surface area contributed by atoms with Crippen molar-refractivity contribution in [1.29, 1.82) is 0 Å². The highest BCUT2D eigenvalue weighted by atomic mass is 16.5. The van der Waals surface area contributed by atoms with Gasteiger partial charge in [-0.15, -0.1) is 0 Å². The minimum Gasteiger partial charge on any atom is -0.379 e. The molecular formula is C12H13N3O2. The highest BCUT2D eigenvalue weighted by molar-refractivity contribution is 5.73. The van der Waals surface area contributed by atoms with Gasteiger partial charge in [-0.05, 0) is 19.4 Å². The second kappa shape index (κ2) is 3.92. The Kier molecular flexibility index (Phi) is 2.40. The largest absolute Gasteiger partial charge is 0.379 e. The molecule has 1 aliphatic rings. The van der Waals surface area contributed by atoms with E-state index in [9.17, 15) is 4.79 Å². The van der Waals surface area contributed by atoms with Crippen LogP contribution in [0.2, 0.25) is 0 Å². The Morgan fingerprint density at radius 3 is 3.12 bits per heavy atom. The van der Waals surface area contributed by atoms with Crippen LogP contribution in [0.25, 0.3) is 11.0 Å². The molecule has 0 amide bonds. The molecule has 5 heteroatoms. The van der Waals surface area contributed by atoms with E-state index < -0.39 is 0 Å². The normalized spacial score (nSPS) is 19.9. The van der Waals surface area contributed by atoms with Gasteiger partial charge in [0.1, 0.15) is 11.5 Å². The second-order valence-electron chi connectivity index (χ2n) is 4.26. The van der Waals surface area contributed by atoms with Gasteiger partial charge in [-0.25, -0.2) is 9.97 Å². The molecule has 0 N–H and O–H groups in total. The van der Waals surface area contributed by atoms with Crippen LogP contribution in [0.1, 0.15) is 18.3 Å². The Bertz CT molecular complexity index is 615. The van der Waals surface area contributed by atoms with Crippen molar-refractivity contribution < 1.29 is 4.74 Å². The van der Waals surface area contributed by atoms with Crippen LogP contribution < -0.4 is 5.56 Å². The number of hydrogen-bond donors (Lipinski definition) is 0. The van der Waals surface area contributed by atoms with Gasteiger partial charge in [0.2, 0.25) is 0 Å². The molecule has 0 radical (unpaired) electrons. The minimum atomic E-state index is -0.0221. The minimum absolute atomic E-state index is 0.0221. The van der Waals surface area contributed by atoms with E-state index in [2.05, 4.69) is 9.97 Å². The second-order valence-corrected chi connectivity index (χ2v) is 4.26. The molecule has 17 heavy (non-hydrogen) atoms. The van der Waals surface area contributed by atoms with Crippen molar-refractivity contribution in [2.45, 2.75) is 19.4 Å². The first-order valence-electron chi connectivity index (χ1n) is 5.68. The molecule has 1 aliphatic heterocycles. The van der Waals surface area contributed by atoms with Crippen LogP contribution in [0.4, 0.5) is 0 Å². The smallest absolute Gasteiger partial charge is 0.252 e. The van der Waals surface area contributed by atoms with Crippen LogP contribution in [0.3, 0.4) is 0 Å². The van der Waals surface area contributed by atoms with Gasteiger partial charge in [0.15, 0.2) is 0 Å². The summed E-state index contributed by atoms with van der Waals surface area (Å²) in [5.41, 5.74) is 0.687. The molecule has 0 bridgehead atoms. The summed E-state index contributed by atoms with van der Waals surface area (Å²) in [6.45, 7) is 3.12. The molecule has 5 nitrogen and oxygen atoms in total. The van der Waals surface area contributed by atoms with E-state index in [1.54, 1.807) is 22.9 Å². The van der Waals surface area contributed by atoms with Gasteiger partial charge in [0.05, 0.1) is 12.6 Å². The Morgan fingerprint density at radius 1 is 1.47 bits per heavy atom. The number of pyridine rings is 1. The Hall–Kier alpha value is -1.75. The van der Waals surface area contributed by atoms with Crippen molar-refractivity contribution in [3.63, 3.8) is 0 Å². The molecule has 3 rings (SSSR count). The lowest BCUT2D eigenvalue weighted by molar-refractivity contribution is 0.186. The van der Waals surface area contributed by atoms with Crippen LogP contribution in [0, 0.1) is 6.92 Å². The topological polar surface area (TPSA) is 57.0 Å². The van der Waals surface area contributed by atoms with Crippen molar-refractivity contribution in [2.75, 3.05) is 13.2 Å². The average Bonchev–Trinajstić information content (AvgIpc) is 2.82. The number of ether oxygens (including phenoxy) is 1. The van der Waals surface area contributed by atoms with Gasteiger partial charge in [0.25, 0.3) is 5.56 Å². The van der Waals surface area contributed by atoms with E-state index in [1.807, 2.05) is 6.92 Å². The highest BCUT2D eigenvalue weighted by Gasteiger charge is 2.20. The van der Waals surface area contributed by atoms with E-state index in [1.165, 1.54) is 0 Å². The molecule has 1 saturated heterocycles. The summed E-state index contributed by atoms with van der Waals surface area (Å²) in [5.74, 6) is 0.677. The van der Waals surface area contributed by atoms with Crippen molar-refractivity contribution in [2.24, 2.45) is 0 Å². The number of rotatable bonds is 1. The Balaban J connectivity index is 2.29. The number of aryl methyl sites for hydroxylation is 1. The third kappa shape index (κ3) is 1.72.